The van der Waals surface area contributed by atoms with Crippen LogP contribution >= 0.6 is 0 Å². The van der Waals surface area contributed by atoms with E-state index in [1.165, 1.54) is 6.08 Å². The summed E-state index contributed by atoms with van der Waals surface area (Å²) >= 11 is 0. The summed E-state index contributed by atoms with van der Waals surface area (Å²) < 4.78 is 0. The summed E-state index contributed by atoms with van der Waals surface area (Å²) in [5.41, 5.74) is 5.06. The number of Topliss-reactive ketones (excluding diaryl/α,β-unsaturated/α-hetero) is 1. The van der Waals surface area contributed by atoms with Crippen LogP contribution in [0.2, 0.25) is 0 Å². The van der Waals surface area contributed by atoms with Gasteiger partial charge in [0.15, 0.2) is 11.6 Å². The summed E-state index contributed by atoms with van der Waals surface area (Å²) in [5.74, 6) is -0.124. The standard InChI is InChI=1S/C19H16O2/c1-12-4-3-5-15(8-12)18(20)11-16-10-14-7-6-13(2)9-17(14)19(16)21/h3-9,11H,10H2,1-2H3. The number of benzene rings is 2. The number of carbonyl (C=O) groups excluding carboxylic acids is 2. The Hall–Kier alpha value is -2.48. The molecule has 0 radical (unpaired) electrons. The Balaban J connectivity index is 1.92. The van der Waals surface area contributed by atoms with Crippen LogP contribution in [0, 0.1) is 13.8 Å². The molecule has 0 atom stereocenters. The number of ketones is 2. The number of hydrogen-bond donors (Lipinski definition) is 0. The molecule has 0 saturated heterocycles. The van der Waals surface area contributed by atoms with Gasteiger partial charge in [0.25, 0.3) is 0 Å². The van der Waals surface area contributed by atoms with Gasteiger partial charge in [-0.15, -0.1) is 0 Å². The fraction of sp³-hybridized carbons (Fsp3) is 0.158. The maximum atomic E-state index is 12.4. The van der Waals surface area contributed by atoms with Crippen molar-refractivity contribution in [1.82, 2.24) is 0 Å². The predicted octanol–water partition coefficient (Wildman–Crippen LogP) is 3.85. The molecule has 0 unspecified atom stereocenters. The molecule has 0 bridgehead atoms. The van der Waals surface area contributed by atoms with Gasteiger partial charge >= 0.3 is 0 Å². The Labute approximate surface area is 124 Å². The third kappa shape index (κ3) is 2.57. The average molecular weight is 276 g/mol. The number of allylic oxidation sites excluding steroid dienone is 2. The molecule has 2 aromatic carbocycles. The lowest BCUT2D eigenvalue weighted by atomic mass is 10.0. The van der Waals surface area contributed by atoms with Crippen LogP contribution in [-0.2, 0) is 6.42 Å². The molecule has 0 saturated carbocycles. The van der Waals surface area contributed by atoms with Gasteiger partial charge in [0.05, 0.1) is 0 Å². The zero-order valence-corrected chi connectivity index (χ0v) is 12.1. The first-order valence-electron chi connectivity index (χ1n) is 7.00. The van der Waals surface area contributed by atoms with E-state index in [2.05, 4.69) is 0 Å². The lowest BCUT2D eigenvalue weighted by molar-refractivity contribution is 0.101. The van der Waals surface area contributed by atoms with Crippen molar-refractivity contribution in [3.63, 3.8) is 0 Å². The highest BCUT2D eigenvalue weighted by Crippen LogP contribution is 2.27. The van der Waals surface area contributed by atoms with Gasteiger partial charge in [0, 0.05) is 23.1 Å². The molecule has 2 aromatic rings. The topological polar surface area (TPSA) is 34.1 Å². The van der Waals surface area contributed by atoms with Crippen LogP contribution in [0.4, 0.5) is 0 Å². The van der Waals surface area contributed by atoms with Crippen molar-refractivity contribution in [2.75, 3.05) is 0 Å². The first-order valence-corrected chi connectivity index (χ1v) is 7.00. The largest absolute Gasteiger partial charge is 0.289 e. The van der Waals surface area contributed by atoms with Crippen LogP contribution in [-0.4, -0.2) is 11.6 Å². The van der Waals surface area contributed by atoms with Crippen molar-refractivity contribution in [3.05, 3.63) is 81.9 Å². The van der Waals surface area contributed by atoms with E-state index in [1.54, 1.807) is 6.07 Å². The molecule has 3 rings (SSSR count). The Kier molecular flexibility index (Phi) is 3.30. The molecule has 1 aliphatic rings. The van der Waals surface area contributed by atoms with E-state index >= 15 is 0 Å². The van der Waals surface area contributed by atoms with Crippen molar-refractivity contribution < 1.29 is 9.59 Å². The van der Waals surface area contributed by atoms with Crippen molar-refractivity contribution in [2.45, 2.75) is 20.3 Å². The first-order chi connectivity index (χ1) is 10.0. The van der Waals surface area contributed by atoms with Crippen LogP contribution in [0.1, 0.15) is 37.4 Å². The highest BCUT2D eigenvalue weighted by molar-refractivity contribution is 6.18. The molecule has 0 fully saturated rings. The molecule has 0 aromatic heterocycles. The molecular formula is C19H16O2. The van der Waals surface area contributed by atoms with Crippen LogP contribution in [0.15, 0.2) is 54.1 Å². The minimum absolute atomic E-state index is 0.0188. The summed E-state index contributed by atoms with van der Waals surface area (Å²) in [6, 6.07) is 13.3. The SMILES string of the molecule is Cc1cccc(C(=O)C=C2Cc3ccc(C)cc3C2=O)c1. The van der Waals surface area contributed by atoms with E-state index in [0.717, 1.165) is 22.3 Å². The summed E-state index contributed by atoms with van der Waals surface area (Å²) in [4.78, 5) is 24.7. The quantitative estimate of drug-likeness (QED) is 0.616. The minimum Gasteiger partial charge on any atom is -0.289 e. The molecule has 1 aliphatic carbocycles. The van der Waals surface area contributed by atoms with E-state index in [9.17, 15) is 9.59 Å². The lowest BCUT2D eigenvalue weighted by Gasteiger charge is -1.99. The highest BCUT2D eigenvalue weighted by Gasteiger charge is 2.25. The monoisotopic (exact) mass is 276 g/mol. The molecule has 0 heterocycles. The Bertz CT molecular complexity index is 782. The maximum absolute atomic E-state index is 12.4. The van der Waals surface area contributed by atoms with Gasteiger partial charge in [-0.1, -0.05) is 41.5 Å². The van der Waals surface area contributed by atoms with Crippen LogP contribution in [0.5, 0.6) is 0 Å². The first kappa shape index (κ1) is 13.5. The van der Waals surface area contributed by atoms with Crippen LogP contribution < -0.4 is 0 Å². The van der Waals surface area contributed by atoms with E-state index in [1.807, 2.05) is 50.2 Å². The minimum atomic E-state index is -0.105. The third-order valence-electron chi connectivity index (χ3n) is 3.79. The van der Waals surface area contributed by atoms with Crippen molar-refractivity contribution in [3.8, 4) is 0 Å². The summed E-state index contributed by atoms with van der Waals surface area (Å²) in [7, 11) is 0. The number of hydrogen-bond acceptors (Lipinski definition) is 2. The van der Waals surface area contributed by atoms with Gasteiger partial charge in [-0.25, -0.2) is 0 Å². The zero-order valence-electron chi connectivity index (χ0n) is 12.1. The summed E-state index contributed by atoms with van der Waals surface area (Å²) in [6.07, 6.45) is 2.04. The van der Waals surface area contributed by atoms with E-state index in [4.69, 9.17) is 0 Å². The molecule has 0 spiro atoms. The van der Waals surface area contributed by atoms with Gasteiger partial charge in [-0.2, -0.15) is 0 Å². The van der Waals surface area contributed by atoms with E-state index < -0.39 is 0 Å². The molecule has 0 N–H and O–H groups in total. The molecule has 2 heteroatoms. The maximum Gasteiger partial charge on any atom is 0.189 e. The fourth-order valence-electron chi connectivity index (χ4n) is 2.67. The zero-order chi connectivity index (χ0) is 15.0. The number of carbonyl (C=O) groups is 2. The van der Waals surface area contributed by atoms with Crippen LogP contribution in [0.25, 0.3) is 0 Å². The van der Waals surface area contributed by atoms with Crippen molar-refractivity contribution in [2.24, 2.45) is 0 Å². The Morgan fingerprint density at radius 3 is 2.57 bits per heavy atom. The second-order valence-electron chi connectivity index (χ2n) is 5.57. The molecule has 2 nitrogen and oxygen atoms in total. The second kappa shape index (κ2) is 5.13. The van der Waals surface area contributed by atoms with Gasteiger partial charge in [0.1, 0.15) is 0 Å². The molecule has 104 valence electrons. The van der Waals surface area contributed by atoms with Crippen molar-refractivity contribution in [1.29, 1.82) is 0 Å². The van der Waals surface area contributed by atoms with Crippen LogP contribution in [0.3, 0.4) is 0 Å². The summed E-state index contributed by atoms with van der Waals surface area (Å²) in [6.45, 7) is 3.91. The van der Waals surface area contributed by atoms with Gasteiger partial charge in [-0.3, -0.25) is 9.59 Å². The lowest BCUT2D eigenvalue weighted by Crippen LogP contribution is -2.01. The highest BCUT2D eigenvalue weighted by atomic mass is 16.1. The number of rotatable bonds is 2. The second-order valence-corrected chi connectivity index (χ2v) is 5.57. The Morgan fingerprint density at radius 2 is 1.81 bits per heavy atom. The Morgan fingerprint density at radius 1 is 1.05 bits per heavy atom. The smallest absolute Gasteiger partial charge is 0.189 e. The fourth-order valence-corrected chi connectivity index (χ4v) is 2.67. The molecule has 21 heavy (non-hydrogen) atoms. The molecular weight excluding hydrogens is 260 g/mol. The van der Waals surface area contributed by atoms with Gasteiger partial charge in [-0.05, 0) is 37.6 Å². The van der Waals surface area contributed by atoms with Gasteiger partial charge in [0.2, 0.25) is 0 Å². The third-order valence-corrected chi connectivity index (χ3v) is 3.79. The molecule has 0 aliphatic heterocycles. The van der Waals surface area contributed by atoms with E-state index in [0.29, 0.717) is 17.6 Å². The summed E-state index contributed by atoms with van der Waals surface area (Å²) in [5, 5.41) is 0. The average Bonchev–Trinajstić information content (AvgIpc) is 2.76. The number of aryl methyl sites for hydroxylation is 2. The normalized spacial score (nSPS) is 15.3. The van der Waals surface area contributed by atoms with E-state index in [-0.39, 0.29) is 11.6 Å². The van der Waals surface area contributed by atoms with Crippen molar-refractivity contribution >= 4 is 11.6 Å². The molecule has 0 amide bonds. The predicted molar refractivity (Wildman–Crippen MR) is 82.8 cm³/mol. The van der Waals surface area contributed by atoms with Gasteiger partial charge < -0.3 is 0 Å². The number of fused-ring (bicyclic) bond motifs is 1.